The Hall–Kier alpha value is -0.660. The molecule has 1 saturated carbocycles. The first kappa shape index (κ1) is 15.2. The SMILES string of the molecule is Cc1nnc(SCCNC(=O)CCN2C[C@@H]3CC[C@H]2C3)s1. The van der Waals surface area contributed by atoms with Gasteiger partial charge in [-0.3, -0.25) is 9.69 Å². The van der Waals surface area contributed by atoms with Crippen molar-refractivity contribution in [1.29, 1.82) is 0 Å². The smallest absolute Gasteiger partial charge is 0.221 e. The molecule has 0 radical (unpaired) electrons. The van der Waals surface area contributed by atoms with Crippen LogP contribution in [0.2, 0.25) is 0 Å². The normalized spacial score (nSPS) is 24.6. The summed E-state index contributed by atoms with van der Waals surface area (Å²) >= 11 is 3.26. The van der Waals surface area contributed by atoms with E-state index >= 15 is 0 Å². The molecule has 1 aromatic rings. The molecule has 7 heteroatoms. The van der Waals surface area contributed by atoms with Crippen LogP contribution in [0.4, 0.5) is 0 Å². The number of hydrogen-bond acceptors (Lipinski definition) is 6. The zero-order chi connectivity index (χ0) is 14.7. The molecule has 1 aliphatic carbocycles. The van der Waals surface area contributed by atoms with Crippen LogP contribution in [0, 0.1) is 12.8 Å². The lowest BCUT2D eigenvalue weighted by atomic mass is 10.1. The molecule has 1 aliphatic heterocycles. The Kier molecular flexibility index (Phi) is 5.13. The van der Waals surface area contributed by atoms with E-state index in [1.54, 1.807) is 23.1 Å². The molecule has 116 valence electrons. The highest BCUT2D eigenvalue weighted by atomic mass is 32.2. The van der Waals surface area contributed by atoms with Crippen LogP contribution >= 0.6 is 23.1 Å². The van der Waals surface area contributed by atoms with Crippen LogP contribution in [0.25, 0.3) is 0 Å². The zero-order valence-corrected chi connectivity index (χ0v) is 14.0. The highest BCUT2D eigenvalue weighted by Crippen LogP contribution is 2.37. The molecule has 1 saturated heterocycles. The number of thioether (sulfide) groups is 1. The van der Waals surface area contributed by atoms with Crippen molar-refractivity contribution in [2.24, 2.45) is 5.92 Å². The number of fused-ring (bicyclic) bond motifs is 2. The summed E-state index contributed by atoms with van der Waals surface area (Å²) in [4.78, 5) is 14.4. The number of aryl methyl sites for hydroxylation is 1. The van der Waals surface area contributed by atoms with Crippen LogP contribution in [0.1, 0.15) is 30.7 Å². The molecule has 2 fully saturated rings. The summed E-state index contributed by atoms with van der Waals surface area (Å²) in [7, 11) is 0. The first-order valence-corrected chi connectivity index (χ1v) is 9.44. The fourth-order valence-corrected chi connectivity index (χ4v) is 5.04. The van der Waals surface area contributed by atoms with Crippen molar-refractivity contribution in [2.45, 2.75) is 43.0 Å². The summed E-state index contributed by atoms with van der Waals surface area (Å²) in [5, 5.41) is 12.0. The van der Waals surface area contributed by atoms with Crippen molar-refractivity contribution >= 4 is 29.0 Å². The minimum atomic E-state index is 0.173. The predicted molar refractivity (Wildman–Crippen MR) is 85.7 cm³/mol. The summed E-state index contributed by atoms with van der Waals surface area (Å²) in [6.45, 7) is 4.79. The Bertz CT molecular complexity index is 493. The van der Waals surface area contributed by atoms with Gasteiger partial charge < -0.3 is 5.32 Å². The van der Waals surface area contributed by atoms with Gasteiger partial charge in [0.15, 0.2) is 4.34 Å². The van der Waals surface area contributed by atoms with Gasteiger partial charge >= 0.3 is 0 Å². The third-order valence-corrected chi connectivity index (χ3v) is 6.28. The third kappa shape index (κ3) is 4.17. The van der Waals surface area contributed by atoms with Crippen molar-refractivity contribution in [2.75, 3.05) is 25.4 Å². The Labute approximate surface area is 133 Å². The molecule has 3 rings (SSSR count). The predicted octanol–water partition coefficient (Wildman–Crippen LogP) is 1.93. The first-order chi connectivity index (χ1) is 10.2. The monoisotopic (exact) mass is 326 g/mol. The van der Waals surface area contributed by atoms with Crippen molar-refractivity contribution in [3.63, 3.8) is 0 Å². The number of aromatic nitrogens is 2. The van der Waals surface area contributed by atoms with E-state index in [1.165, 1.54) is 25.8 Å². The number of nitrogens with zero attached hydrogens (tertiary/aromatic N) is 3. The first-order valence-electron chi connectivity index (χ1n) is 7.64. The standard InChI is InChI=1S/C14H22N4OS2/c1-10-16-17-14(21-10)20-7-5-15-13(19)4-6-18-9-11-2-3-12(18)8-11/h11-12H,2-9H2,1H3,(H,15,19)/t11-,12+/m1/s1. The molecule has 2 atom stereocenters. The summed E-state index contributed by atoms with van der Waals surface area (Å²) in [5.74, 6) is 1.94. The Morgan fingerprint density at radius 2 is 2.38 bits per heavy atom. The summed E-state index contributed by atoms with van der Waals surface area (Å²) in [5.41, 5.74) is 0. The maximum atomic E-state index is 11.8. The second-order valence-electron chi connectivity index (χ2n) is 5.86. The second-order valence-corrected chi connectivity index (χ2v) is 8.39. The summed E-state index contributed by atoms with van der Waals surface area (Å²) < 4.78 is 0.981. The van der Waals surface area contributed by atoms with Gasteiger partial charge in [0.05, 0.1) is 0 Å². The van der Waals surface area contributed by atoms with Gasteiger partial charge in [-0.1, -0.05) is 23.1 Å². The van der Waals surface area contributed by atoms with Gasteiger partial charge in [0, 0.05) is 37.8 Å². The van der Waals surface area contributed by atoms with E-state index in [4.69, 9.17) is 0 Å². The molecule has 21 heavy (non-hydrogen) atoms. The number of carbonyl (C=O) groups excluding carboxylic acids is 1. The van der Waals surface area contributed by atoms with Crippen LogP contribution in [0.5, 0.6) is 0 Å². The fraction of sp³-hybridized carbons (Fsp3) is 0.786. The number of likely N-dealkylation sites (tertiary alicyclic amines) is 1. The van der Waals surface area contributed by atoms with Gasteiger partial charge in [0.2, 0.25) is 5.91 Å². The lowest BCUT2D eigenvalue weighted by molar-refractivity contribution is -0.121. The molecule has 2 heterocycles. The second kappa shape index (κ2) is 7.07. The summed E-state index contributed by atoms with van der Waals surface area (Å²) in [6, 6.07) is 0.763. The molecule has 2 aliphatic rings. The topological polar surface area (TPSA) is 58.1 Å². The molecule has 0 unspecified atom stereocenters. The zero-order valence-electron chi connectivity index (χ0n) is 12.4. The molecular weight excluding hydrogens is 304 g/mol. The highest BCUT2D eigenvalue weighted by molar-refractivity contribution is 8.01. The van der Waals surface area contributed by atoms with E-state index in [0.717, 1.165) is 33.6 Å². The fourth-order valence-electron chi connectivity index (χ4n) is 3.30. The average Bonchev–Trinajstić information content (AvgIpc) is 3.18. The molecule has 2 bridgehead atoms. The van der Waals surface area contributed by atoms with E-state index in [2.05, 4.69) is 20.4 Å². The Morgan fingerprint density at radius 1 is 1.48 bits per heavy atom. The summed E-state index contributed by atoms with van der Waals surface area (Å²) in [6.07, 6.45) is 4.73. The van der Waals surface area contributed by atoms with Crippen molar-refractivity contribution in [3.05, 3.63) is 5.01 Å². The molecule has 1 N–H and O–H groups in total. The van der Waals surface area contributed by atoms with Crippen LogP contribution in [-0.4, -0.2) is 52.4 Å². The Morgan fingerprint density at radius 3 is 3.05 bits per heavy atom. The van der Waals surface area contributed by atoms with Gasteiger partial charge in [-0.25, -0.2) is 0 Å². The van der Waals surface area contributed by atoms with E-state index in [-0.39, 0.29) is 5.91 Å². The molecular formula is C14H22N4OS2. The third-order valence-electron chi connectivity index (χ3n) is 4.31. The van der Waals surface area contributed by atoms with Crippen molar-refractivity contribution in [3.8, 4) is 0 Å². The minimum absolute atomic E-state index is 0.173. The number of carbonyl (C=O) groups is 1. The molecule has 1 amide bonds. The maximum absolute atomic E-state index is 11.8. The number of piperidine rings is 1. The van der Waals surface area contributed by atoms with Crippen LogP contribution in [-0.2, 0) is 4.79 Å². The average molecular weight is 326 g/mol. The van der Waals surface area contributed by atoms with E-state index < -0.39 is 0 Å². The van der Waals surface area contributed by atoms with E-state index in [9.17, 15) is 4.79 Å². The minimum Gasteiger partial charge on any atom is -0.355 e. The number of hydrogen-bond donors (Lipinski definition) is 1. The lowest BCUT2D eigenvalue weighted by Gasteiger charge is -2.26. The van der Waals surface area contributed by atoms with Gasteiger partial charge in [0.1, 0.15) is 5.01 Å². The van der Waals surface area contributed by atoms with Gasteiger partial charge in [-0.15, -0.1) is 10.2 Å². The van der Waals surface area contributed by atoms with E-state index in [1.807, 2.05) is 6.92 Å². The molecule has 5 nitrogen and oxygen atoms in total. The van der Waals surface area contributed by atoms with Crippen LogP contribution in [0.15, 0.2) is 4.34 Å². The largest absolute Gasteiger partial charge is 0.355 e. The number of rotatable bonds is 7. The Balaban J connectivity index is 1.26. The van der Waals surface area contributed by atoms with Crippen LogP contribution in [0.3, 0.4) is 0 Å². The maximum Gasteiger partial charge on any atom is 0.221 e. The quantitative estimate of drug-likeness (QED) is 0.613. The lowest BCUT2D eigenvalue weighted by Crippen LogP contribution is -2.36. The number of amides is 1. The van der Waals surface area contributed by atoms with E-state index in [0.29, 0.717) is 13.0 Å². The van der Waals surface area contributed by atoms with Gasteiger partial charge in [-0.2, -0.15) is 0 Å². The van der Waals surface area contributed by atoms with Crippen LogP contribution < -0.4 is 5.32 Å². The van der Waals surface area contributed by atoms with Crippen molar-refractivity contribution in [1.82, 2.24) is 20.4 Å². The van der Waals surface area contributed by atoms with Gasteiger partial charge in [0.25, 0.3) is 0 Å². The van der Waals surface area contributed by atoms with Gasteiger partial charge in [-0.05, 0) is 32.1 Å². The number of nitrogens with one attached hydrogen (secondary N) is 1. The van der Waals surface area contributed by atoms with Crippen molar-refractivity contribution < 1.29 is 4.79 Å². The molecule has 0 aromatic carbocycles. The molecule has 1 aromatic heterocycles. The molecule has 0 spiro atoms. The highest BCUT2D eigenvalue weighted by Gasteiger charge is 2.37.